The van der Waals surface area contributed by atoms with Crippen LogP contribution in [0.5, 0.6) is 5.75 Å². The average Bonchev–Trinajstić information content (AvgIpc) is 3.09. The number of methoxy groups -OCH3 is 1. The molecule has 5 aromatic carbocycles. The Morgan fingerprint density at radius 2 is 1.40 bits per heavy atom. The number of carbonyl (C=O) groups is 2. The number of ether oxygens (including phenoxy) is 2. The highest BCUT2D eigenvalue weighted by Crippen LogP contribution is 2.23. The molecule has 0 spiro atoms. The van der Waals surface area contributed by atoms with Gasteiger partial charge in [-0.3, -0.25) is 4.79 Å². The quantitative estimate of drug-likeness (QED) is 0.105. The Kier molecular flexibility index (Phi) is 10.6. The van der Waals surface area contributed by atoms with Gasteiger partial charge in [0.25, 0.3) is 0 Å². The number of para-hydroxylation sites is 2. The Hall–Kier alpha value is -5.36. The molecule has 0 radical (unpaired) electrons. The van der Waals surface area contributed by atoms with Gasteiger partial charge in [-0.05, 0) is 60.0 Å². The van der Waals surface area contributed by atoms with Crippen LogP contribution in [0.3, 0.4) is 0 Å². The highest BCUT2D eigenvalue weighted by Gasteiger charge is 2.22. The van der Waals surface area contributed by atoms with Gasteiger partial charge in [0.2, 0.25) is 0 Å². The number of esters is 1. The minimum absolute atomic E-state index is 0.117. The van der Waals surface area contributed by atoms with Gasteiger partial charge >= 0.3 is 5.97 Å². The van der Waals surface area contributed by atoms with Crippen LogP contribution in [-0.2, 0) is 22.5 Å². The summed E-state index contributed by atoms with van der Waals surface area (Å²) in [6.07, 6.45) is 0.374. The van der Waals surface area contributed by atoms with Gasteiger partial charge in [-0.2, -0.15) is 0 Å². The van der Waals surface area contributed by atoms with Crippen molar-refractivity contribution in [3.05, 3.63) is 161 Å². The lowest BCUT2D eigenvalue weighted by Crippen LogP contribution is -2.33. The van der Waals surface area contributed by atoms with Crippen molar-refractivity contribution >= 4 is 23.1 Å². The lowest BCUT2D eigenvalue weighted by Gasteiger charge is -2.26. The molecule has 0 amide bonds. The van der Waals surface area contributed by atoms with E-state index < -0.39 is 12.0 Å². The summed E-state index contributed by atoms with van der Waals surface area (Å²) < 4.78 is 11.3. The number of ketones is 1. The molecule has 228 valence electrons. The Bertz CT molecular complexity index is 1690. The van der Waals surface area contributed by atoms with E-state index in [1.54, 1.807) is 24.3 Å². The SMILES string of the molecule is COC(=O)C(Cc1ccc(OCCN(Cc2ccccc2C)c2ccccc2)cc1)Nc1ccccc1C(=O)c1ccccc1. The summed E-state index contributed by atoms with van der Waals surface area (Å²) >= 11 is 0. The van der Waals surface area contributed by atoms with Crippen LogP contribution in [0.2, 0.25) is 0 Å². The zero-order chi connectivity index (χ0) is 31.4. The standard InChI is InChI=1S/C39H38N2O4/c1-29-13-9-10-16-32(29)28-41(33-17-7-4-8-18-33)25-26-45-34-23-21-30(22-24-34)27-37(39(43)44-2)40-36-20-12-11-19-35(36)38(42)31-14-5-3-6-15-31/h3-24,37,40H,25-28H2,1-2H3. The van der Waals surface area contributed by atoms with Crippen LogP contribution in [0, 0.1) is 6.92 Å². The molecule has 5 rings (SSSR count). The van der Waals surface area contributed by atoms with Gasteiger partial charge in [-0.15, -0.1) is 0 Å². The molecule has 0 aliphatic rings. The minimum atomic E-state index is -0.688. The molecule has 1 unspecified atom stereocenters. The number of nitrogens with one attached hydrogen (secondary N) is 1. The van der Waals surface area contributed by atoms with Crippen molar-refractivity contribution < 1.29 is 19.1 Å². The molecule has 0 bridgehead atoms. The fourth-order valence-corrected chi connectivity index (χ4v) is 5.24. The van der Waals surface area contributed by atoms with Gasteiger partial charge in [0, 0.05) is 35.5 Å². The first-order valence-corrected chi connectivity index (χ1v) is 15.1. The fourth-order valence-electron chi connectivity index (χ4n) is 5.24. The minimum Gasteiger partial charge on any atom is -0.492 e. The molecule has 0 saturated carbocycles. The van der Waals surface area contributed by atoms with Crippen molar-refractivity contribution in [2.45, 2.75) is 25.9 Å². The van der Waals surface area contributed by atoms with E-state index in [1.807, 2.05) is 60.7 Å². The molecule has 5 aromatic rings. The van der Waals surface area contributed by atoms with E-state index >= 15 is 0 Å². The van der Waals surface area contributed by atoms with Gasteiger partial charge in [0.1, 0.15) is 18.4 Å². The van der Waals surface area contributed by atoms with Gasteiger partial charge in [0.05, 0.1) is 13.7 Å². The number of benzene rings is 5. The summed E-state index contributed by atoms with van der Waals surface area (Å²) in [5, 5.41) is 3.27. The number of hydrogen-bond acceptors (Lipinski definition) is 6. The summed E-state index contributed by atoms with van der Waals surface area (Å²) in [5.41, 5.74) is 6.28. The smallest absolute Gasteiger partial charge is 0.328 e. The van der Waals surface area contributed by atoms with E-state index in [1.165, 1.54) is 18.2 Å². The van der Waals surface area contributed by atoms with Crippen LogP contribution in [0.15, 0.2) is 133 Å². The van der Waals surface area contributed by atoms with Crippen molar-refractivity contribution in [1.29, 1.82) is 0 Å². The van der Waals surface area contributed by atoms with E-state index in [2.05, 4.69) is 65.7 Å². The normalized spacial score (nSPS) is 11.3. The molecule has 1 N–H and O–H groups in total. The maximum absolute atomic E-state index is 13.2. The summed E-state index contributed by atoms with van der Waals surface area (Å²) in [7, 11) is 1.37. The van der Waals surface area contributed by atoms with E-state index in [0.29, 0.717) is 29.8 Å². The summed E-state index contributed by atoms with van der Waals surface area (Å²) in [4.78, 5) is 28.4. The second-order valence-electron chi connectivity index (χ2n) is 10.8. The van der Waals surface area contributed by atoms with Crippen LogP contribution in [0.4, 0.5) is 11.4 Å². The maximum atomic E-state index is 13.2. The van der Waals surface area contributed by atoms with E-state index in [9.17, 15) is 9.59 Å². The summed E-state index contributed by atoms with van der Waals surface area (Å²) in [6, 6.07) is 42.2. The first-order chi connectivity index (χ1) is 22.0. The number of rotatable bonds is 14. The van der Waals surface area contributed by atoms with E-state index in [-0.39, 0.29) is 5.78 Å². The number of carbonyl (C=O) groups excluding carboxylic acids is 2. The number of aryl methyl sites for hydroxylation is 1. The van der Waals surface area contributed by atoms with E-state index in [4.69, 9.17) is 9.47 Å². The van der Waals surface area contributed by atoms with Crippen LogP contribution in [-0.4, -0.2) is 38.1 Å². The number of nitrogens with zero attached hydrogens (tertiary/aromatic N) is 1. The zero-order valence-electron chi connectivity index (χ0n) is 25.7. The van der Waals surface area contributed by atoms with Crippen molar-refractivity contribution in [3.8, 4) is 5.75 Å². The predicted octanol–water partition coefficient (Wildman–Crippen LogP) is 7.51. The molecule has 0 heterocycles. The Balaban J connectivity index is 1.23. The molecular weight excluding hydrogens is 560 g/mol. The average molecular weight is 599 g/mol. The fraction of sp³-hybridized carbons (Fsp3) is 0.179. The highest BCUT2D eigenvalue weighted by atomic mass is 16.5. The molecule has 45 heavy (non-hydrogen) atoms. The zero-order valence-corrected chi connectivity index (χ0v) is 25.7. The Morgan fingerprint density at radius 3 is 2.11 bits per heavy atom. The summed E-state index contributed by atoms with van der Waals surface area (Å²) in [5.74, 6) is 0.226. The van der Waals surface area contributed by atoms with Crippen LogP contribution in [0.25, 0.3) is 0 Å². The topological polar surface area (TPSA) is 67.9 Å². The summed E-state index contributed by atoms with van der Waals surface area (Å²) in [6.45, 7) is 4.16. The Labute approximate surface area is 265 Å². The largest absolute Gasteiger partial charge is 0.492 e. The first-order valence-electron chi connectivity index (χ1n) is 15.1. The van der Waals surface area contributed by atoms with Gasteiger partial charge in [0.15, 0.2) is 5.78 Å². The van der Waals surface area contributed by atoms with Gasteiger partial charge in [-0.25, -0.2) is 4.79 Å². The first kappa shape index (κ1) is 31.1. The second-order valence-corrected chi connectivity index (χ2v) is 10.8. The Morgan fingerprint density at radius 1 is 0.756 bits per heavy atom. The van der Waals surface area contributed by atoms with Crippen molar-refractivity contribution in [2.75, 3.05) is 30.5 Å². The lowest BCUT2D eigenvalue weighted by molar-refractivity contribution is -0.141. The molecule has 1 atom stereocenters. The van der Waals surface area contributed by atoms with Crippen LogP contribution in [0.1, 0.15) is 32.6 Å². The molecule has 0 aliphatic carbocycles. The third-order valence-corrected chi connectivity index (χ3v) is 7.76. The molecule has 0 aromatic heterocycles. The maximum Gasteiger partial charge on any atom is 0.328 e. The molecule has 6 nitrogen and oxygen atoms in total. The highest BCUT2D eigenvalue weighted by molar-refractivity contribution is 6.12. The second kappa shape index (κ2) is 15.4. The lowest BCUT2D eigenvalue weighted by atomic mass is 10.00. The molecule has 0 fully saturated rings. The van der Waals surface area contributed by atoms with E-state index in [0.717, 1.165) is 30.1 Å². The molecular formula is C39H38N2O4. The van der Waals surface area contributed by atoms with Gasteiger partial charge in [-0.1, -0.05) is 97.1 Å². The predicted molar refractivity (Wildman–Crippen MR) is 180 cm³/mol. The number of anilines is 2. The molecule has 0 saturated heterocycles. The van der Waals surface area contributed by atoms with Gasteiger partial charge < -0.3 is 19.7 Å². The van der Waals surface area contributed by atoms with Crippen molar-refractivity contribution in [1.82, 2.24) is 0 Å². The van der Waals surface area contributed by atoms with Crippen LogP contribution >= 0.6 is 0 Å². The molecule has 0 aliphatic heterocycles. The van der Waals surface area contributed by atoms with Crippen molar-refractivity contribution in [3.63, 3.8) is 0 Å². The number of hydrogen-bond donors (Lipinski definition) is 1. The van der Waals surface area contributed by atoms with Crippen molar-refractivity contribution in [2.24, 2.45) is 0 Å². The monoisotopic (exact) mass is 598 g/mol. The third-order valence-electron chi connectivity index (χ3n) is 7.76. The van der Waals surface area contributed by atoms with Crippen LogP contribution < -0.4 is 15.0 Å². The molecule has 6 heteroatoms. The third kappa shape index (κ3) is 8.39.